The molecule has 1 fully saturated rings. The second kappa shape index (κ2) is 5.48. The Labute approximate surface area is 130 Å². The van der Waals surface area contributed by atoms with Gasteiger partial charge in [-0.25, -0.2) is 13.6 Å². The second-order valence-electron chi connectivity index (χ2n) is 5.33. The molecule has 3 heterocycles. The topological polar surface area (TPSA) is 124 Å². The smallest absolute Gasteiger partial charge is 0.358 e. The van der Waals surface area contributed by atoms with Gasteiger partial charge >= 0.3 is 5.82 Å². The summed E-state index contributed by atoms with van der Waals surface area (Å²) in [5, 5.41) is 18.1. The minimum atomic E-state index is -3.48. The van der Waals surface area contributed by atoms with Crippen molar-refractivity contribution in [3.63, 3.8) is 0 Å². The number of thiazole rings is 1. The highest BCUT2D eigenvalue weighted by Gasteiger charge is 2.31. The zero-order valence-corrected chi connectivity index (χ0v) is 13.2. The van der Waals surface area contributed by atoms with E-state index in [4.69, 9.17) is 5.14 Å². The summed E-state index contributed by atoms with van der Waals surface area (Å²) in [7, 11) is -3.48. The van der Waals surface area contributed by atoms with Crippen molar-refractivity contribution in [2.24, 2.45) is 11.1 Å². The van der Waals surface area contributed by atoms with Crippen molar-refractivity contribution in [3.05, 3.63) is 21.7 Å². The number of rotatable bonds is 4. The number of sulfonamides is 1. The van der Waals surface area contributed by atoms with E-state index in [0.717, 1.165) is 0 Å². The van der Waals surface area contributed by atoms with E-state index in [1.54, 1.807) is 11.6 Å². The second-order valence-corrected chi connectivity index (χ2v) is 7.86. The van der Waals surface area contributed by atoms with Crippen LogP contribution in [0.15, 0.2) is 11.6 Å². The number of piperidine rings is 1. The van der Waals surface area contributed by atoms with E-state index < -0.39 is 14.9 Å². The molecule has 22 heavy (non-hydrogen) atoms. The largest absolute Gasteiger partial charge is 0.373 e. The van der Waals surface area contributed by atoms with Crippen LogP contribution in [0.5, 0.6) is 0 Å². The monoisotopic (exact) mass is 345 g/mol. The molecule has 1 aliphatic heterocycles. The van der Waals surface area contributed by atoms with Crippen LogP contribution >= 0.6 is 11.3 Å². The Balaban J connectivity index is 1.80. The molecule has 0 amide bonds. The van der Waals surface area contributed by atoms with Gasteiger partial charge in [-0.1, -0.05) is 11.3 Å². The first-order valence-electron chi connectivity index (χ1n) is 6.70. The van der Waals surface area contributed by atoms with Crippen molar-refractivity contribution >= 4 is 38.0 Å². The summed E-state index contributed by atoms with van der Waals surface area (Å²) >= 11 is 1.34. The van der Waals surface area contributed by atoms with Crippen LogP contribution in [-0.4, -0.2) is 41.6 Å². The average molecular weight is 345 g/mol. The summed E-state index contributed by atoms with van der Waals surface area (Å²) in [5.41, 5.74) is 0. The molecule has 11 heteroatoms. The van der Waals surface area contributed by atoms with Crippen LogP contribution < -0.4 is 10.0 Å². The Morgan fingerprint density at radius 2 is 2.14 bits per heavy atom. The minimum Gasteiger partial charge on any atom is -0.358 e. The highest BCUT2D eigenvalue weighted by atomic mass is 32.2. The van der Waals surface area contributed by atoms with Gasteiger partial charge in [-0.15, -0.1) is 0 Å². The molecule has 2 aromatic heterocycles. The van der Waals surface area contributed by atoms with Crippen LogP contribution in [0, 0.1) is 16.0 Å². The maximum atomic E-state index is 11.3. The van der Waals surface area contributed by atoms with Crippen molar-refractivity contribution < 1.29 is 13.3 Å². The predicted molar refractivity (Wildman–Crippen MR) is 82.6 cm³/mol. The molecule has 9 nitrogen and oxygen atoms in total. The third kappa shape index (κ3) is 2.91. The van der Waals surface area contributed by atoms with Crippen LogP contribution in [0.1, 0.15) is 12.8 Å². The molecule has 0 spiro atoms. The molecule has 0 aliphatic carbocycles. The van der Waals surface area contributed by atoms with Gasteiger partial charge in [0.1, 0.15) is 6.20 Å². The number of nitrogens with zero attached hydrogens (tertiary/aromatic N) is 4. The number of aromatic nitrogens is 2. The Morgan fingerprint density at radius 1 is 1.45 bits per heavy atom. The fraction of sp³-hybridized carbons (Fsp3) is 0.545. The number of primary sulfonamides is 1. The Morgan fingerprint density at radius 3 is 2.73 bits per heavy atom. The zero-order chi connectivity index (χ0) is 15.9. The standard InChI is InChI=1S/C11H15N5O4S2/c12-22(19,20)7-8-1-3-14(4-2-8)9-10(16(17)18)15-5-6-21-11(15)13-9/h5-6,8H,1-4,7H2,(H2,12,19,20). The summed E-state index contributed by atoms with van der Waals surface area (Å²) < 4.78 is 23.7. The molecular weight excluding hydrogens is 330 g/mol. The van der Waals surface area contributed by atoms with E-state index in [2.05, 4.69) is 4.98 Å². The maximum absolute atomic E-state index is 11.3. The Hall–Kier alpha value is -1.72. The fourth-order valence-electron chi connectivity index (χ4n) is 2.78. The number of fused-ring (bicyclic) bond motifs is 1. The summed E-state index contributed by atoms with van der Waals surface area (Å²) in [6.45, 7) is 1.07. The molecule has 3 rings (SSSR count). The van der Waals surface area contributed by atoms with Crippen LogP contribution in [0.25, 0.3) is 4.96 Å². The van der Waals surface area contributed by atoms with Crippen molar-refractivity contribution in [1.82, 2.24) is 9.38 Å². The number of imidazole rings is 1. The first kappa shape index (κ1) is 15.2. The molecule has 120 valence electrons. The lowest BCUT2D eigenvalue weighted by atomic mass is 9.99. The number of nitrogens with two attached hydrogens (primary N) is 1. The molecule has 0 saturated carbocycles. The molecule has 2 aromatic rings. The van der Waals surface area contributed by atoms with E-state index in [1.807, 2.05) is 4.90 Å². The molecule has 2 N–H and O–H groups in total. The van der Waals surface area contributed by atoms with E-state index in [-0.39, 0.29) is 17.5 Å². The predicted octanol–water partition coefficient (Wildman–Crippen LogP) is 0.809. The number of nitro groups is 1. The Kier molecular flexibility index (Phi) is 3.78. The lowest BCUT2D eigenvalue weighted by molar-refractivity contribution is -0.389. The zero-order valence-electron chi connectivity index (χ0n) is 11.6. The molecule has 0 bridgehead atoms. The van der Waals surface area contributed by atoms with Crippen molar-refractivity contribution in [2.75, 3.05) is 23.7 Å². The number of hydrogen-bond donors (Lipinski definition) is 1. The van der Waals surface area contributed by atoms with E-state index >= 15 is 0 Å². The van der Waals surface area contributed by atoms with Gasteiger partial charge in [0.2, 0.25) is 15.8 Å². The first-order valence-corrected chi connectivity index (χ1v) is 9.30. The van der Waals surface area contributed by atoms with E-state index in [9.17, 15) is 18.5 Å². The van der Waals surface area contributed by atoms with Gasteiger partial charge in [-0.2, -0.15) is 9.38 Å². The van der Waals surface area contributed by atoms with Gasteiger partial charge in [-0.05, 0) is 23.7 Å². The van der Waals surface area contributed by atoms with Crippen LogP contribution in [-0.2, 0) is 10.0 Å². The van der Waals surface area contributed by atoms with E-state index in [0.29, 0.717) is 36.7 Å². The van der Waals surface area contributed by atoms with Gasteiger partial charge in [-0.3, -0.25) is 0 Å². The third-order valence-corrected chi connectivity index (χ3v) is 5.47. The van der Waals surface area contributed by atoms with Crippen LogP contribution in [0.4, 0.5) is 11.6 Å². The average Bonchev–Trinajstić information content (AvgIpc) is 2.96. The van der Waals surface area contributed by atoms with Crippen LogP contribution in [0.3, 0.4) is 0 Å². The van der Waals surface area contributed by atoms with Crippen molar-refractivity contribution in [1.29, 1.82) is 0 Å². The summed E-state index contributed by atoms with van der Waals surface area (Å²) in [6, 6.07) is 0. The van der Waals surface area contributed by atoms with Gasteiger partial charge in [0.25, 0.3) is 4.96 Å². The van der Waals surface area contributed by atoms with Crippen LogP contribution in [0.2, 0.25) is 0 Å². The minimum absolute atomic E-state index is 0.00552. The number of anilines is 1. The molecule has 0 atom stereocenters. The molecule has 0 unspecified atom stereocenters. The highest BCUT2D eigenvalue weighted by molar-refractivity contribution is 7.89. The molecule has 1 aliphatic rings. The van der Waals surface area contributed by atoms with Crippen molar-refractivity contribution in [2.45, 2.75) is 12.8 Å². The SMILES string of the molecule is NS(=O)(=O)CC1CCN(c2nc3sccn3c2[N+](=O)[O-])CC1. The lowest BCUT2D eigenvalue weighted by Crippen LogP contribution is -2.37. The fourth-order valence-corrected chi connectivity index (χ4v) is 4.48. The van der Waals surface area contributed by atoms with Gasteiger partial charge < -0.3 is 15.0 Å². The molecule has 0 radical (unpaired) electrons. The molecule has 0 aromatic carbocycles. The Bertz CT molecular complexity index is 804. The number of hydrogen-bond acceptors (Lipinski definition) is 7. The molecular formula is C11H15N5O4S2. The highest BCUT2D eigenvalue weighted by Crippen LogP contribution is 2.33. The molecule has 1 saturated heterocycles. The third-order valence-electron chi connectivity index (χ3n) is 3.77. The normalized spacial score (nSPS) is 17.2. The van der Waals surface area contributed by atoms with Crippen molar-refractivity contribution in [3.8, 4) is 0 Å². The first-order chi connectivity index (χ1) is 10.3. The van der Waals surface area contributed by atoms with E-state index in [1.165, 1.54) is 15.7 Å². The summed E-state index contributed by atoms with van der Waals surface area (Å²) in [6.07, 6.45) is 2.87. The lowest BCUT2D eigenvalue weighted by Gasteiger charge is -2.31. The summed E-state index contributed by atoms with van der Waals surface area (Å²) in [5.74, 6) is 0.266. The van der Waals surface area contributed by atoms with Gasteiger partial charge in [0.05, 0.1) is 5.75 Å². The van der Waals surface area contributed by atoms with Gasteiger partial charge in [0, 0.05) is 18.5 Å². The van der Waals surface area contributed by atoms with Gasteiger partial charge in [0.15, 0.2) is 0 Å². The maximum Gasteiger partial charge on any atom is 0.373 e. The quantitative estimate of drug-likeness (QED) is 0.646. The summed E-state index contributed by atoms with van der Waals surface area (Å²) in [4.78, 5) is 17.6.